The first-order valence-corrected chi connectivity index (χ1v) is 11.1. The first-order valence-electron chi connectivity index (χ1n) is 10.7. The second kappa shape index (κ2) is 11.4. The first kappa shape index (κ1) is 24.2. The van der Waals surface area contributed by atoms with Gasteiger partial charge in [0.1, 0.15) is 18.1 Å². The fourth-order valence-corrected chi connectivity index (χ4v) is 3.49. The number of nitrogens with zero attached hydrogens (tertiary/aromatic N) is 3. The highest BCUT2D eigenvalue weighted by molar-refractivity contribution is 6.31. The molecule has 0 saturated carbocycles. The molecule has 2 N–H and O–H groups in total. The third kappa shape index (κ3) is 5.69. The molecule has 0 bridgehead atoms. The molecule has 4 rings (SSSR count). The van der Waals surface area contributed by atoms with Crippen LogP contribution in [0.4, 0.5) is 0 Å². The van der Waals surface area contributed by atoms with Gasteiger partial charge in [-0.25, -0.2) is 4.68 Å². The Morgan fingerprint density at radius 2 is 1.88 bits per heavy atom. The monoisotopic (exact) mass is 466 g/mol. The summed E-state index contributed by atoms with van der Waals surface area (Å²) in [7, 11) is 1.61. The molecule has 0 unspecified atom stereocenters. The summed E-state index contributed by atoms with van der Waals surface area (Å²) in [6.45, 7) is 4.93. The lowest BCUT2D eigenvalue weighted by Crippen LogP contribution is -2.25. The number of aromatic nitrogens is 3. The van der Waals surface area contributed by atoms with Crippen molar-refractivity contribution in [3.63, 3.8) is 0 Å². The fraction of sp³-hybridized carbons (Fsp3) is 0.240. The third-order valence-corrected chi connectivity index (χ3v) is 5.26. The van der Waals surface area contributed by atoms with Crippen LogP contribution in [0.15, 0.2) is 65.6 Å². The number of ether oxygens (including phenoxy) is 2. The fourth-order valence-electron chi connectivity index (χ4n) is 3.23. The Bertz CT molecular complexity index is 1290. The maximum atomic E-state index is 12.3. The predicted molar refractivity (Wildman–Crippen MR) is 132 cm³/mol. The molecule has 172 valence electrons. The van der Waals surface area contributed by atoms with Crippen molar-refractivity contribution in [2.24, 2.45) is 5.73 Å². The first-order chi connectivity index (χ1) is 16.1. The molecule has 33 heavy (non-hydrogen) atoms. The van der Waals surface area contributed by atoms with Gasteiger partial charge in [-0.3, -0.25) is 9.78 Å². The molecule has 0 fully saturated rings. The van der Waals surface area contributed by atoms with Crippen LogP contribution < -0.4 is 20.8 Å². The molecule has 4 aromatic rings. The maximum Gasteiger partial charge on any atom is 0.266 e. The van der Waals surface area contributed by atoms with Crippen LogP contribution in [0, 0.1) is 0 Å². The number of methoxy groups -OCH3 is 1. The third-order valence-electron chi connectivity index (χ3n) is 4.91. The van der Waals surface area contributed by atoms with Crippen LogP contribution in [-0.2, 0) is 13.1 Å². The van der Waals surface area contributed by atoms with Gasteiger partial charge in [-0.2, -0.15) is 5.10 Å². The topological polar surface area (TPSA) is 92.3 Å². The van der Waals surface area contributed by atoms with Crippen molar-refractivity contribution < 1.29 is 9.47 Å². The van der Waals surface area contributed by atoms with E-state index in [4.69, 9.17) is 26.8 Å². The van der Waals surface area contributed by atoms with Gasteiger partial charge in [-0.05, 0) is 35.9 Å². The number of rotatable bonds is 7. The lowest BCUT2D eigenvalue weighted by molar-refractivity contribution is 0.291. The van der Waals surface area contributed by atoms with E-state index in [1.165, 1.54) is 10.7 Å². The minimum Gasteiger partial charge on any atom is -0.497 e. The maximum absolute atomic E-state index is 12.3. The molecule has 0 amide bonds. The molecule has 0 atom stereocenters. The van der Waals surface area contributed by atoms with Crippen LogP contribution in [0.2, 0.25) is 5.02 Å². The van der Waals surface area contributed by atoms with E-state index in [9.17, 15) is 4.79 Å². The Kier molecular flexibility index (Phi) is 8.40. The summed E-state index contributed by atoms with van der Waals surface area (Å²) >= 11 is 6.26. The van der Waals surface area contributed by atoms with Crippen LogP contribution in [0.1, 0.15) is 19.4 Å². The molecule has 0 radical (unpaired) electrons. The van der Waals surface area contributed by atoms with Crippen LogP contribution in [0.3, 0.4) is 0 Å². The molecule has 7 nitrogen and oxygen atoms in total. The Hall–Kier alpha value is -3.42. The summed E-state index contributed by atoms with van der Waals surface area (Å²) in [5, 5.41) is 5.90. The van der Waals surface area contributed by atoms with Gasteiger partial charge in [0.05, 0.1) is 24.9 Å². The van der Waals surface area contributed by atoms with Gasteiger partial charge in [-0.15, -0.1) is 0 Å². The van der Waals surface area contributed by atoms with Crippen molar-refractivity contribution in [1.82, 2.24) is 14.8 Å². The quantitative estimate of drug-likeness (QED) is 0.425. The molecule has 2 heterocycles. The Morgan fingerprint density at radius 1 is 1.06 bits per heavy atom. The van der Waals surface area contributed by atoms with E-state index in [0.717, 1.165) is 27.8 Å². The van der Waals surface area contributed by atoms with Crippen molar-refractivity contribution in [3.05, 3.63) is 81.7 Å². The number of fused-ring (bicyclic) bond motifs is 1. The molecule has 0 aliphatic rings. The smallest absolute Gasteiger partial charge is 0.266 e. The number of nitrogens with two attached hydrogens (primary N) is 1. The lowest BCUT2D eigenvalue weighted by Gasteiger charge is -2.11. The second-order valence-corrected chi connectivity index (χ2v) is 7.24. The zero-order chi connectivity index (χ0) is 23.8. The van der Waals surface area contributed by atoms with E-state index in [-0.39, 0.29) is 12.2 Å². The van der Waals surface area contributed by atoms with E-state index in [1.54, 1.807) is 31.5 Å². The zero-order valence-corrected chi connectivity index (χ0v) is 19.7. The minimum absolute atomic E-state index is 0.207. The normalized spacial score (nSPS) is 10.5. The van der Waals surface area contributed by atoms with Crippen LogP contribution in [-0.4, -0.2) is 28.5 Å². The number of hydrogen-bond acceptors (Lipinski definition) is 6. The molecule has 0 saturated heterocycles. The minimum atomic E-state index is -0.207. The molecular weight excluding hydrogens is 440 g/mol. The van der Waals surface area contributed by atoms with E-state index >= 15 is 0 Å². The summed E-state index contributed by atoms with van der Waals surface area (Å²) in [5.74, 6) is 1.41. The predicted octanol–water partition coefficient (Wildman–Crippen LogP) is 4.68. The number of halogens is 1. The number of hydrogen-bond donors (Lipinski definition) is 1. The Balaban J connectivity index is 0.00000149. The largest absolute Gasteiger partial charge is 0.497 e. The van der Waals surface area contributed by atoms with Crippen molar-refractivity contribution in [3.8, 4) is 22.8 Å². The van der Waals surface area contributed by atoms with Crippen LogP contribution in [0.5, 0.6) is 11.5 Å². The number of benzene rings is 2. The van der Waals surface area contributed by atoms with Crippen molar-refractivity contribution in [2.75, 3.05) is 13.7 Å². The lowest BCUT2D eigenvalue weighted by atomic mass is 10.1. The SMILES string of the molecule is CC.COc1ccc2c(OCCn3nc(-c4ccc(CN)c(Cl)c4)ccc3=O)ccnc2c1. The Morgan fingerprint density at radius 3 is 2.61 bits per heavy atom. The van der Waals surface area contributed by atoms with E-state index in [1.807, 2.05) is 44.2 Å². The van der Waals surface area contributed by atoms with Gasteiger partial charge in [0, 0.05) is 40.8 Å². The Labute approximate surface area is 197 Å². The molecular formula is C25H27ClN4O3. The molecule has 0 aliphatic carbocycles. The van der Waals surface area contributed by atoms with E-state index < -0.39 is 0 Å². The van der Waals surface area contributed by atoms with E-state index in [0.29, 0.717) is 29.6 Å². The van der Waals surface area contributed by atoms with Gasteiger partial charge < -0.3 is 15.2 Å². The van der Waals surface area contributed by atoms with Crippen LogP contribution in [0.25, 0.3) is 22.2 Å². The average Bonchev–Trinajstić information content (AvgIpc) is 2.86. The zero-order valence-electron chi connectivity index (χ0n) is 18.9. The second-order valence-electron chi connectivity index (χ2n) is 6.83. The highest BCUT2D eigenvalue weighted by Gasteiger charge is 2.08. The summed E-state index contributed by atoms with van der Waals surface area (Å²) in [4.78, 5) is 16.6. The van der Waals surface area contributed by atoms with Gasteiger partial charge in [0.15, 0.2) is 0 Å². The molecule has 0 spiro atoms. The van der Waals surface area contributed by atoms with E-state index in [2.05, 4.69) is 10.1 Å². The van der Waals surface area contributed by atoms with Crippen LogP contribution >= 0.6 is 11.6 Å². The molecule has 8 heteroatoms. The highest BCUT2D eigenvalue weighted by atomic mass is 35.5. The number of pyridine rings is 1. The average molecular weight is 467 g/mol. The molecule has 2 aromatic carbocycles. The van der Waals surface area contributed by atoms with Gasteiger partial charge in [0.25, 0.3) is 5.56 Å². The summed E-state index contributed by atoms with van der Waals surface area (Å²) in [5.41, 5.74) is 8.54. The summed E-state index contributed by atoms with van der Waals surface area (Å²) in [6, 6.07) is 16.1. The van der Waals surface area contributed by atoms with Crippen molar-refractivity contribution in [2.45, 2.75) is 26.9 Å². The summed E-state index contributed by atoms with van der Waals surface area (Å²) in [6.07, 6.45) is 1.68. The molecule has 2 aromatic heterocycles. The molecule has 0 aliphatic heterocycles. The van der Waals surface area contributed by atoms with Gasteiger partial charge >= 0.3 is 0 Å². The van der Waals surface area contributed by atoms with Crippen molar-refractivity contribution in [1.29, 1.82) is 0 Å². The van der Waals surface area contributed by atoms with Gasteiger partial charge in [0.2, 0.25) is 0 Å². The highest BCUT2D eigenvalue weighted by Crippen LogP contribution is 2.27. The van der Waals surface area contributed by atoms with Crippen molar-refractivity contribution >= 4 is 22.5 Å². The van der Waals surface area contributed by atoms with Gasteiger partial charge in [-0.1, -0.05) is 37.6 Å². The summed E-state index contributed by atoms with van der Waals surface area (Å²) < 4.78 is 12.6. The standard InChI is InChI=1S/C23H21ClN4O3.C2H6/c1-30-17-4-5-18-21(13-17)26-9-8-22(18)31-11-10-28-23(29)7-6-20(27-28)15-2-3-16(14-25)19(24)12-15;1-2/h2-9,12-13H,10-11,14,25H2,1H3;1-2H3.